The number of hydrogen-bond donors (Lipinski definition) is 6. The Labute approximate surface area is 668 Å². The van der Waals surface area contributed by atoms with Gasteiger partial charge in [0.15, 0.2) is 19.7 Å². The van der Waals surface area contributed by atoms with Crippen LogP contribution in [0.2, 0.25) is 0 Å². The van der Waals surface area contributed by atoms with Crippen molar-refractivity contribution in [2.24, 2.45) is 26.8 Å². The van der Waals surface area contributed by atoms with E-state index in [4.69, 9.17) is 14.7 Å². The van der Waals surface area contributed by atoms with Gasteiger partial charge in [-0.1, -0.05) is 66.5 Å². The number of rotatable bonds is 15. The molecule has 510 valence electrons. The maximum absolute atomic E-state index is 13.3. The third-order valence-corrected chi connectivity index (χ3v) is 21.0. The number of primary sulfonamides is 1. The molecule has 2 aromatic heterocycles. The average Bonchev–Trinajstić information content (AvgIpc) is 1.71. The SMILES string of the molecule is CC(C)(C)CS(=O)(=O)c1cccc(NC(=O)c2ccc(Br)nc2N2CCC3(CC2)CC3)c1.CC(C)(C)CS(=O)(=O)c1cccc(NC(=O)c2ccc(NS(C)(=O)=O)nc2N2CCC3(CC2)CC3)c1.CN[C@@H]1CCCC[C@H]1NC.CS(N)(=O)=O.O=[P+]([O-])O[O-].[Cu][I].[K+].[K][K]. The minimum absolute atomic E-state index is 0. The van der Waals surface area contributed by atoms with Crippen LogP contribution in [-0.4, -0.2) is 195 Å². The average molecular weight is 1700 g/mol. The van der Waals surface area contributed by atoms with E-state index in [-0.39, 0.29) is 89.8 Å². The molecule has 4 heterocycles. The number of anilines is 5. The number of sulfone groups is 2. The van der Waals surface area contributed by atoms with Crippen LogP contribution < -0.4 is 102 Å². The molecule has 93 heavy (non-hydrogen) atoms. The van der Waals surface area contributed by atoms with Crippen molar-refractivity contribution in [1.82, 2.24) is 20.6 Å². The van der Waals surface area contributed by atoms with Crippen LogP contribution >= 0.6 is 44.5 Å². The standard InChI is InChI=1S/C25H34N4O5S2.C24H30BrN3O3S.C8H18N2.CH5NO2S.Cu.HI.3K.HO4P/c1-24(2,3)17-36(33,34)19-7-5-6-18(16-19)26-23(30)20-8-9-21(28-35(4,31)32)27-22(20)29-14-12-25(10-11-25)13-15-29;1-23(2,3)16-32(30,31)18-6-4-5-17(15-18)26-22(29)19-7-8-20(25)27-21(19)28-13-11-24(9-10-24)12-14-28;1-9-7-5-3-4-6-8(7)10-2;1-5(2,3)4;;;;;;1-4-5(2)3/h5-9,16H,10-15,17H2,1-4H3,(H,26,30)(H,27,28);4-8,15H,9-14,16H2,1-3H3,(H,26,29);7-10H,3-6H2,1-2H3;1H3,(H2,2,3,4);;1H;;;;1H/q;;;;+1;;;;+1;/p-2/t;;7-,8-;;;;;;;/m..1......./s1. The molecule has 4 aromatic rings. The van der Waals surface area contributed by atoms with Gasteiger partial charge in [0.1, 0.15) is 22.1 Å². The molecular weight excluding hydrogens is 1610 g/mol. The fourth-order valence-corrected chi connectivity index (χ4v) is 15.3. The zero-order chi connectivity index (χ0) is 69.7. The van der Waals surface area contributed by atoms with Gasteiger partial charge in [0.2, 0.25) is 20.0 Å². The summed E-state index contributed by atoms with van der Waals surface area (Å²) in [5.41, 5.74) is 1.78. The summed E-state index contributed by atoms with van der Waals surface area (Å²) in [7, 11) is -12.7. The molecule has 2 aliphatic heterocycles. The number of carbonyl (C=O) groups is 2. The van der Waals surface area contributed by atoms with E-state index in [1.165, 1.54) is 139 Å². The second-order valence-corrected chi connectivity index (χ2v) is 34.5. The Morgan fingerprint density at radius 3 is 1.33 bits per heavy atom. The normalized spacial score (nSPS) is 18.1. The van der Waals surface area contributed by atoms with E-state index < -0.39 is 59.3 Å². The Morgan fingerprint density at radius 1 is 0.677 bits per heavy atom. The number of nitrogens with two attached hydrogens (primary N) is 1. The summed E-state index contributed by atoms with van der Waals surface area (Å²) >= 11 is 11.8. The van der Waals surface area contributed by atoms with Gasteiger partial charge >= 0.3 is 156 Å². The molecule has 2 saturated heterocycles. The minimum atomic E-state index is -3.54. The Bertz CT molecular complexity index is 3540. The third-order valence-electron chi connectivity index (χ3n) is 15.4. The molecule has 3 atom stereocenters. The molecule has 7 N–H and O–H groups in total. The van der Waals surface area contributed by atoms with Gasteiger partial charge in [-0.05, 0) is 181 Å². The summed E-state index contributed by atoms with van der Waals surface area (Å²) < 4.78 is 108. The number of nitrogens with zero attached hydrogens (tertiary/aromatic N) is 4. The summed E-state index contributed by atoms with van der Waals surface area (Å²) in [6, 6.07) is 20.6. The van der Waals surface area contributed by atoms with E-state index in [2.05, 4.69) is 93.5 Å². The van der Waals surface area contributed by atoms with E-state index in [1.54, 1.807) is 68.9 Å². The maximum atomic E-state index is 13.3. The number of sulfonamides is 2. The number of nitrogens with one attached hydrogen (secondary N) is 5. The summed E-state index contributed by atoms with van der Waals surface area (Å²) in [5.74, 6) is 0.506. The summed E-state index contributed by atoms with van der Waals surface area (Å²) in [4.78, 5) is 49.1. The van der Waals surface area contributed by atoms with Crippen molar-refractivity contribution in [3.05, 3.63) is 88.5 Å². The Balaban J connectivity index is 0.000000467. The molecule has 1 unspecified atom stereocenters. The van der Waals surface area contributed by atoms with Crippen molar-refractivity contribution in [3.8, 4) is 0 Å². The second kappa shape index (κ2) is 41.6. The molecule has 5 fully saturated rings. The van der Waals surface area contributed by atoms with Gasteiger partial charge in [0.05, 0.1) is 44.9 Å². The van der Waals surface area contributed by atoms with Crippen molar-refractivity contribution in [3.63, 3.8) is 0 Å². The first-order valence-electron chi connectivity index (χ1n) is 30.1. The molecular formula is C58H87BrCuIK3N10O14PS4. The van der Waals surface area contributed by atoms with Crippen molar-refractivity contribution < 1.29 is 127 Å². The molecule has 5 aliphatic rings. The molecule has 2 amide bonds. The molecule has 0 bridgehead atoms. The van der Waals surface area contributed by atoms with E-state index in [9.17, 15) is 43.3 Å². The van der Waals surface area contributed by atoms with Crippen LogP contribution in [0.25, 0.3) is 0 Å². The van der Waals surface area contributed by atoms with Crippen LogP contribution in [-0.2, 0) is 61.7 Å². The Morgan fingerprint density at radius 2 is 1.02 bits per heavy atom. The fourth-order valence-electron chi connectivity index (χ4n) is 10.8. The van der Waals surface area contributed by atoms with Gasteiger partial charge in [-0.3, -0.25) is 14.3 Å². The van der Waals surface area contributed by atoms with Crippen LogP contribution in [0, 0.1) is 21.7 Å². The molecule has 0 radical (unpaired) electrons. The monoisotopic (exact) mass is 1690 g/mol. The van der Waals surface area contributed by atoms with Gasteiger partial charge in [0, 0.05) is 49.6 Å². The van der Waals surface area contributed by atoms with Crippen molar-refractivity contribution >= 4 is 188 Å². The molecule has 35 heteroatoms. The first kappa shape index (κ1) is 90.5. The predicted molar refractivity (Wildman–Crippen MR) is 370 cm³/mol. The van der Waals surface area contributed by atoms with E-state index in [0.717, 1.165) is 64.4 Å². The summed E-state index contributed by atoms with van der Waals surface area (Å²) in [5, 5.41) is 25.2. The van der Waals surface area contributed by atoms with E-state index >= 15 is 0 Å². The zero-order valence-corrected chi connectivity index (χ0v) is 73.7. The summed E-state index contributed by atoms with van der Waals surface area (Å²) in [6.45, 7) is 14.5. The number of halogens is 2. The Kier molecular flexibility index (Phi) is 40.5. The second-order valence-electron chi connectivity index (χ2n) is 25.7. The van der Waals surface area contributed by atoms with Gasteiger partial charge in [-0.25, -0.2) is 53.5 Å². The summed E-state index contributed by atoms with van der Waals surface area (Å²) in [6.07, 6.45) is 16.8. The number of aromatic nitrogens is 2. The number of hydrogen-bond acceptors (Lipinski definition) is 20. The van der Waals surface area contributed by atoms with Crippen LogP contribution in [0.4, 0.5) is 28.8 Å². The van der Waals surface area contributed by atoms with Gasteiger partial charge < -0.3 is 41.2 Å². The fraction of sp³-hybridized carbons (Fsp3) is 0.586. The number of pyridine rings is 2. The van der Waals surface area contributed by atoms with Crippen molar-refractivity contribution in [1.29, 1.82) is 0 Å². The molecule has 2 aromatic carbocycles. The molecule has 24 nitrogen and oxygen atoms in total. The van der Waals surface area contributed by atoms with E-state index in [1.807, 2.05) is 46.4 Å². The number of carbonyl (C=O) groups excluding carboxylic acids is 2. The molecule has 3 aliphatic carbocycles. The predicted octanol–water partition coefficient (Wildman–Crippen LogP) is 4.26. The van der Waals surface area contributed by atoms with Gasteiger partial charge in [-0.2, -0.15) is 0 Å². The first-order chi connectivity index (χ1) is 42.8. The van der Waals surface area contributed by atoms with Gasteiger partial charge in [-0.15, -0.1) is 0 Å². The first-order valence-corrected chi connectivity index (χ1v) is 58.2. The number of likely N-dealkylation sites (N-methyl/N-ethyl adjacent to an activating group) is 2. The van der Waals surface area contributed by atoms with Crippen molar-refractivity contribution in [2.75, 3.05) is 89.4 Å². The van der Waals surface area contributed by atoms with Crippen LogP contribution in [0.5, 0.6) is 0 Å². The van der Waals surface area contributed by atoms with Crippen LogP contribution in [0.1, 0.15) is 139 Å². The number of amides is 2. The van der Waals surface area contributed by atoms with Crippen LogP contribution in [0.15, 0.2) is 87.2 Å². The topological polar surface area (TPSA) is 362 Å². The molecule has 3 saturated carbocycles. The zero-order valence-electron chi connectivity index (χ0n) is 55.5. The van der Waals surface area contributed by atoms with E-state index in [0.29, 0.717) is 61.7 Å². The van der Waals surface area contributed by atoms with Crippen LogP contribution in [0.3, 0.4) is 0 Å². The Hall–Kier alpha value is 1.38. The van der Waals surface area contributed by atoms with Gasteiger partial charge in [0.25, 0.3) is 11.8 Å². The molecule has 2 spiro atoms. The number of piperidine rings is 2. The molecule has 9 rings (SSSR count). The third kappa shape index (κ3) is 34.0. The quantitative estimate of drug-likeness (QED) is 0.0242. The number of benzene rings is 2. The van der Waals surface area contributed by atoms with Crippen molar-refractivity contribution in [2.45, 2.75) is 140 Å².